The molecule has 1 aliphatic rings. The summed E-state index contributed by atoms with van der Waals surface area (Å²) in [5.74, 6) is 0.906. The third kappa shape index (κ3) is 3.00. The molecule has 1 aliphatic carbocycles. The summed E-state index contributed by atoms with van der Waals surface area (Å²) in [4.78, 5) is 0.509. The molecule has 0 spiro atoms. The molecule has 0 radical (unpaired) electrons. The van der Waals surface area contributed by atoms with E-state index in [1.54, 1.807) is 7.11 Å². The van der Waals surface area contributed by atoms with E-state index in [4.69, 9.17) is 4.74 Å². The Labute approximate surface area is 103 Å². The van der Waals surface area contributed by atoms with Crippen LogP contribution in [-0.2, 0) is 0 Å². The SMILES string of the molecule is COc1ccc([Se][C@H]2CCCC[C@@H]2O)cc1. The van der Waals surface area contributed by atoms with Crippen molar-refractivity contribution in [3.05, 3.63) is 24.3 Å². The predicted octanol–water partition coefficient (Wildman–Crippen LogP) is 1.75. The molecule has 1 fully saturated rings. The molecule has 88 valence electrons. The molecule has 1 N–H and O–H groups in total. The summed E-state index contributed by atoms with van der Waals surface area (Å²) in [6.07, 6.45) is 4.57. The van der Waals surface area contributed by atoms with Gasteiger partial charge in [-0.2, -0.15) is 0 Å². The molecule has 2 rings (SSSR count). The number of hydrogen-bond acceptors (Lipinski definition) is 2. The fourth-order valence-electron chi connectivity index (χ4n) is 2.04. The van der Waals surface area contributed by atoms with E-state index in [9.17, 15) is 5.11 Å². The normalized spacial score (nSPS) is 25.4. The number of methoxy groups -OCH3 is 1. The molecule has 0 heterocycles. The number of aliphatic hydroxyl groups excluding tert-OH is 1. The third-order valence-corrected chi connectivity index (χ3v) is 5.95. The van der Waals surface area contributed by atoms with Gasteiger partial charge in [0.2, 0.25) is 0 Å². The molecule has 2 atom stereocenters. The van der Waals surface area contributed by atoms with Gasteiger partial charge in [0.25, 0.3) is 0 Å². The first kappa shape index (κ1) is 12.0. The maximum absolute atomic E-state index is 9.92. The molecule has 0 unspecified atom stereocenters. The van der Waals surface area contributed by atoms with E-state index in [0.29, 0.717) is 19.8 Å². The summed E-state index contributed by atoms with van der Waals surface area (Å²) in [5.41, 5.74) is 0. The third-order valence-electron chi connectivity index (χ3n) is 3.01. The molecule has 1 aromatic rings. The maximum atomic E-state index is 9.92. The molecule has 1 aromatic carbocycles. The summed E-state index contributed by atoms with van der Waals surface area (Å²) in [7, 11) is 1.69. The van der Waals surface area contributed by atoms with Crippen molar-refractivity contribution in [2.75, 3.05) is 7.11 Å². The molecule has 16 heavy (non-hydrogen) atoms. The Morgan fingerprint density at radius 3 is 2.50 bits per heavy atom. The van der Waals surface area contributed by atoms with Gasteiger partial charge in [-0.25, -0.2) is 0 Å². The minimum atomic E-state index is -0.0733. The van der Waals surface area contributed by atoms with Crippen LogP contribution in [0.25, 0.3) is 0 Å². The van der Waals surface area contributed by atoms with Crippen LogP contribution in [0.5, 0.6) is 5.75 Å². The van der Waals surface area contributed by atoms with Crippen molar-refractivity contribution in [3.8, 4) is 5.75 Å². The average Bonchev–Trinajstić information content (AvgIpc) is 2.33. The molecule has 0 saturated heterocycles. The van der Waals surface area contributed by atoms with Crippen LogP contribution < -0.4 is 9.20 Å². The van der Waals surface area contributed by atoms with Crippen molar-refractivity contribution in [2.45, 2.75) is 36.6 Å². The summed E-state index contributed by atoms with van der Waals surface area (Å²) in [5, 5.41) is 9.92. The molecule has 0 aromatic heterocycles. The van der Waals surface area contributed by atoms with E-state index < -0.39 is 0 Å². The number of ether oxygens (including phenoxy) is 1. The van der Waals surface area contributed by atoms with E-state index in [0.717, 1.165) is 12.2 Å². The van der Waals surface area contributed by atoms with Crippen molar-refractivity contribution in [3.63, 3.8) is 0 Å². The van der Waals surface area contributed by atoms with Gasteiger partial charge in [-0.1, -0.05) is 0 Å². The number of hydrogen-bond donors (Lipinski definition) is 1. The molecule has 0 bridgehead atoms. The number of rotatable bonds is 3. The summed E-state index contributed by atoms with van der Waals surface area (Å²) < 4.78 is 6.50. The van der Waals surface area contributed by atoms with E-state index >= 15 is 0 Å². The molecular formula is C13H18O2Se. The Bertz CT molecular complexity index is 323. The average molecular weight is 285 g/mol. The van der Waals surface area contributed by atoms with E-state index in [-0.39, 0.29) is 6.10 Å². The standard InChI is InChI=1S/C13H18O2Se/c1-15-10-6-8-11(9-7-10)16-13-5-3-2-4-12(13)14/h6-9,12-14H,2-5H2,1H3/t12-,13-/m0/s1. The summed E-state index contributed by atoms with van der Waals surface area (Å²) in [6.45, 7) is 0. The van der Waals surface area contributed by atoms with Gasteiger partial charge < -0.3 is 0 Å². The van der Waals surface area contributed by atoms with Crippen LogP contribution in [0.1, 0.15) is 25.7 Å². The van der Waals surface area contributed by atoms with Crippen molar-refractivity contribution < 1.29 is 9.84 Å². The van der Waals surface area contributed by atoms with E-state index in [1.807, 2.05) is 12.1 Å². The van der Waals surface area contributed by atoms with Crippen LogP contribution in [-0.4, -0.2) is 33.3 Å². The van der Waals surface area contributed by atoms with Gasteiger partial charge in [-0.3, -0.25) is 0 Å². The molecule has 0 aliphatic heterocycles. The van der Waals surface area contributed by atoms with Gasteiger partial charge in [-0.05, 0) is 0 Å². The van der Waals surface area contributed by atoms with Crippen LogP contribution >= 0.6 is 0 Å². The monoisotopic (exact) mass is 286 g/mol. The van der Waals surface area contributed by atoms with Gasteiger partial charge in [0.15, 0.2) is 0 Å². The van der Waals surface area contributed by atoms with E-state index in [2.05, 4.69) is 12.1 Å². The zero-order valence-electron chi connectivity index (χ0n) is 9.56. The fraction of sp³-hybridized carbons (Fsp3) is 0.538. The van der Waals surface area contributed by atoms with Crippen molar-refractivity contribution in [1.82, 2.24) is 0 Å². The van der Waals surface area contributed by atoms with Crippen molar-refractivity contribution in [2.24, 2.45) is 0 Å². The van der Waals surface area contributed by atoms with Crippen LogP contribution in [0.15, 0.2) is 24.3 Å². The van der Waals surface area contributed by atoms with Crippen LogP contribution in [0.4, 0.5) is 0 Å². The predicted molar refractivity (Wildman–Crippen MR) is 66.6 cm³/mol. The Morgan fingerprint density at radius 1 is 1.19 bits per heavy atom. The summed E-state index contributed by atoms with van der Waals surface area (Å²) >= 11 is 0.395. The van der Waals surface area contributed by atoms with Gasteiger partial charge in [0.1, 0.15) is 0 Å². The van der Waals surface area contributed by atoms with Gasteiger partial charge in [0, 0.05) is 0 Å². The molecule has 0 amide bonds. The second-order valence-electron chi connectivity index (χ2n) is 4.18. The first-order valence-electron chi connectivity index (χ1n) is 5.78. The zero-order chi connectivity index (χ0) is 11.4. The minimum absolute atomic E-state index is 0.0733. The summed E-state index contributed by atoms with van der Waals surface area (Å²) in [6, 6.07) is 8.26. The molecule has 2 nitrogen and oxygen atoms in total. The Kier molecular flexibility index (Phi) is 4.28. The number of aliphatic hydroxyl groups is 1. The van der Waals surface area contributed by atoms with Gasteiger partial charge >= 0.3 is 103 Å². The van der Waals surface area contributed by atoms with Crippen molar-refractivity contribution >= 4 is 19.4 Å². The van der Waals surface area contributed by atoms with Crippen LogP contribution in [0.3, 0.4) is 0 Å². The zero-order valence-corrected chi connectivity index (χ0v) is 11.3. The second kappa shape index (κ2) is 5.72. The molecule has 1 saturated carbocycles. The fourth-order valence-corrected chi connectivity index (χ4v) is 4.60. The Hall–Kier alpha value is -0.501. The van der Waals surface area contributed by atoms with Crippen LogP contribution in [0, 0.1) is 0 Å². The first-order chi connectivity index (χ1) is 7.79. The Morgan fingerprint density at radius 2 is 1.88 bits per heavy atom. The van der Waals surface area contributed by atoms with Crippen molar-refractivity contribution in [1.29, 1.82) is 0 Å². The number of benzene rings is 1. The first-order valence-corrected chi connectivity index (χ1v) is 7.63. The van der Waals surface area contributed by atoms with Crippen LogP contribution in [0.2, 0.25) is 4.82 Å². The second-order valence-corrected chi connectivity index (χ2v) is 6.94. The van der Waals surface area contributed by atoms with Gasteiger partial charge in [-0.15, -0.1) is 0 Å². The van der Waals surface area contributed by atoms with Gasteiger partial charge in [0.05, 0.1) is 0 Å². The quantitative estimate of drug-likeness (QED) is 0.857. The van der Waals surface area contributed by atoms with E-state index in [1.165, 1.54) is 23.7 Å². The molecular weight excluding hydrogens is 267 g/mol. The Balaban J connectivity index is 1.96. The topological polar surface area (TPSA) is 29.5 Å². The molecule has 3 heteroatoms.